The lowest BCUT2D eigenvalue weighted by atomic mass is 9.96. The number of carbonyl (C=O) groups excluding carboxylic acids is 1. The fourth-order valence-corrected chi connectivity index (χ4v) is 4.86. The molecule has 25 heavy (non-hydrogen) atoms. The standard InChI is InChI=1S/C15H12BrF3N4OS/c1-23-12(15(17,18)19)10(16)11(22-23)13(24)21-14-8(6-20)7-4-2-3-5-9(7)25-14/h2-5H2,1H3,(H,21,24). The Bertz CT molecular complexity index is 894. The predicted octanol–water partition coefficient (Wildman–Crippen LogP) is 4.27. The number of rotatable bonds is 2. The number of hydrogen-bond donors (Lipinski definition) is 1. The second kappa shape index (κ2) is 6.46. The van der Waals surface area contributed by atoms with Crippen LogP contribution in [0.4, 0.5) is 18.2 Å². The number of amides is 1. The van der Waals surface area contributed by atoms with Gasteiger partial charge in [-0.3, -0.25) is 9.48 Å². The minimum Gasteiger partial charge on any atom is -0.311 e. The number of nitrogens with zero attached hydrogens (tertiary/aromatic N) is 3. The van der Waals surface area contributed by atoms with Gasteiger partial charge in [-0.15, -0.1) is 11.3 Å². The highest BCUT2D eigenvalue weighted by Gasteiger charge is 2.39. The molecule has 1 amide bonds. The van der Waals surface area contributed by atoms with Gasteiger partial charge in [0.1, 0.15) is 11.1 Å². The van der Waals surface area contributed by atoms with E-state index in [0.717, 1.165) is 43.2 Å². The van der Waals surface area contributed by atoms with Crippen molar-refractivity contribution >= 4 is 38.2 Å². The number of thiophene rings is 1. The average Bonchev–Trinajstić information content (AvgIpc) is 3.03. The van der Waals surface area contributed by atoms with E-state index in [2.05, 4.69) is 32.4 Å². The Morgan fingerprint density at radius 1 is 1.40 bits per heavy atom. The third kappa shape index (κ3) is 3.18. The number of hydrogen-bond acceptors (Lipinski definition) is 4. The van der Waals surface area contributed by atoms with Gasteiger partial charge in [-0.2, -0.15) is 23.5 Å². The quantitative estimate of drug-likeness (QED) is 0.770. The van der Waals surface area contributed by atoms with E-state index in [1.165, 1.54) is 11.3 Å². The summed E-state index contributed by atoms with van der Waals surface area (Å²) >= 11 is 4.12. The van der Waals surface area contributed by atoms with Crippen molar-refractivity contribution in [2.24, 2.45) is 7.05 Å². The van der Waals surface area contributed by atoms with Crippen LogP contribution in [0, 0.1) is 11.3 Å². The largest absolute Gasteiger partial charge is 0.434 e. The van der Waals surface area contributed by atoms with Crippen LogP contribution in [0.2, 0.25) is 0 Å². The number of aryl methyl sites for hydroxylation is 2. The second-order valence-corrected chi connectivity index (χ2v) is 7.51. The third-order valence-corrected chi connectivity index (χ3v) is 5.94. The topological polar surface area (TPSA) is 70.7 Å². The van der Waals surface area contributed by atoms with Crippen molar-refractivity contribution in [3.63, 3.8) is 0 Å². The molecule has 0 saturated heterocycles. The Morgan fingerprint density at radius 2 is 2.08 bits per heavy atom. The summed E-state index contributed by atoms with van der Waals surface area (Å²) in [5.41, 5.74) is -0.0741. The summed E-state index contributed by atoms with van der Waals surface area (Å²) in [4.78, 5) is 13.5. The van der Waals surface area contributed by atoms with Gasteiger partial charge in [0.15, 0.2) is 11.4 Å². The van der Waals surface area contributed by atoms with Crippen LogP contribution < -0.4 is 5.32 Å². The zero-order valence-electron chi connectivity index (χ0n) is 13.0. The van der Waals surface area contributed by atoms with Gasteiger partial charge in [0, 0.05) is 11.9 Å². The van der Waals surface area contributed by atoms with Crippen molar-refractivity contribution in [3.8, 4) is 6.07 Å². The van der Waals surface area contributed by atoms with Crippen LogP contribution in [0.3, 0.4) is 0 Å². The summed E-state index contributed by atoms with van der Waals surface area (Å²) < 4.78 is 39.3. The average molecular weight is 433 g/mol. The van der Waals surface area contributed by atoms with Crippen LogP contribution in [0.5, 0.6) is 0 Å². The molecule has 2 aromatic rings. The van der Waals surface area contributed by atoms with E-state index in [1.807, 2.05) is 0 Å². The van der Waals surface area contributed by atoms with E-state index in [9.17, 15) is 23.2 Å². The molecule has 3 rings (SSSR count). The highest BCUT2D eigenvalue weighted by Crippen LogP contribution is 2.39. The summed E-state index contributed by atoms with van der Waals surface area (Å²) in [5, 5.41) is 16.0. The fraction of sp³-hybridized carbons (Fsp3) is 0.400. The number of nitriles is 1. The summed E-state index contributed by atoms with van der Waals surface area (Å²) in [6.07, 6.45) is -1.02. The van der Waals surface area contributed by atoms with Crippen LogP contribution in [-0.2, 0) is 26.1 Å². The minimum atomic E-state index is -4.64. The minimum absolute atomic E-state index is 0.366. The highest BCUT2D eigenvalue weighted by atomic mass is 79.9. The van der Waals surface area contributed by atoms with Crippen LogP contribution in [-0.4, -0.2) is 15.7 Å². The van der Waals surface area contributed by atoms with Crippen LogP contribution >= 0.6 is 27.3 Å². The molecule has 0 spiro atoms. The first-order chi connectivity index (χ1) is 11.7. The van der Waals surface area contributed by atoms with Crippen molar-refractivity contribution in [1.29, 1.82) is 5.26 Å². The van der Waals surface area contributed by atoms with E-state index in [4.69, 9.17) is 0 Å². The van der Waals surface area contributed by atoms with Crippen molar-refractivity contribution in [3.05, 3.63) is 31.9 Å². The molecular weight excluding hydrogens is 421 g/mol. The zero-order valence-corrected chi connectivity index (χ0v) is 15.4. The Kier molecular flexibility index (Phi) is 4.64. The fourth-order valence-electron chi connectivity index (χ4n) is 2.89. The molecular formula is C15H12BrF3N4OS. The number of alkyl halides is 3. The molecule has 0 atom stereocenters. The number of fused-ring (bicyclic) bond motifs is 1. The molecule has 0 unspecified atom stereocenters. The first-order valence-electron chi connectivity index (χ1n) is 7.39. The predicted molar refractivity (Wildman–Crippen MR) is 89.5 cm³/mol. The number of carbonyl (C=O) groups is 1. The van der Waals surface area contributed by atoms with Crippen molar-refractivity contribution in [2.75, 3.05) is 5.32 Å². The van der Waals surface area contributed by atoms with Gasteiger partial charge in [0.2, 0.25) is 0 Å². The second-order valence-electron chi connectivity index (χ2n) is 5.61. The lowest BCUT2D eigenvalue weighted by Crippen LogP contribution is -2.13. The molecule has 5 nitrogen and oxygen atoms in total. The number of nitrogens with one attached hydrogen (secondary N) is 1. The van der Waals surface area contributed by atoms with Gasteiger partial charge in [-0.05, 0) is 47.2 Å². The molecule has 1 aliphatic rings. The van der Waals surface area contributed by atoms with Gasteiger partial charge in [-0.25, -0.2) is 0 Å². The van der Waals surface area contributed by atoms with Crippen molar-refractivity contribution < 1.29 is 18.0 Å². The Hall–Kier alpha value is -1.86. The summed E-state index contributed by atoms with van der Waals surface area (Å²) in [6.45, 7) is 0. The molecule has 132 valence electrons. The van der Waals surface area contributed by atoms with Gasteiger partial charge in [0.25, 0.3) is 5.91 Å². The number of halogens is 4. The monoisotopic (exact) mass is 432 g/mol. The van der Waals surface area contributed by atoms with E-state index >= 15 is 0 Å². The molecule has 0 aliphatic heterocycles. The van der Waals surface area contributed by atoms with Gasteiger partial charge in [0.05, 0.1) is 10.0 Å². The Balaban J connectivity index is 1.94. The van der Waals surface area contributed by atoms with Gasteiger partial charge >= 0.3 is 6.18 Å². The van der Waals surface area contributed by atoms with E-state index < -0.39 is 22.3 Å². The Labute approximate surface area is 153 Å². The molecule has 0 radical (unpaired) electrons. The van der Waals surface area contributed by atoms with E-state index in [0.29, 0.717) is 15.2 Å². The maximum atomic E-state index is 13.0. The van der Waals surface area contributed by atoms with Gasteiger partial charge in [-0.1, -0.05) is 0 Å². The SMILES string of the molecule is Cn1nc(C(=O)Nc2sc3c(c2C#N)CCCC3)c(Br)c1C(F)(F)F. The zero-order chi connectivity index (χ0) is 18.4. The molecule has 0 saturated carbocycles. The summed E-state index contributed by atoms with van der Waals surface area (Å²) in [6, 6.07) is 2.09. The highest BCUT2D eigenvalue weighted by molar-refractivity contribution is 9.10. The van der Waals surface area contributed by atoms with Crippen LogP contribution in [0.25, 0.3) is 0 Å². The van der Waals surface area contributed by atoms with Crippen molar-refractivity contribution in [2.45, 2.75) is 31.9 Å². The molecule has 1 N–H and O–H groups in total. The van der Waals surface area contributed by atoms with Crippen LogP contribution in [0.1, 0.15) is 45.0 Å². The lowest BCUT2D eigenvalue weighted by Gasteiger charge is -2.09. The van der Waals surface area contributed by atoms with E-state index in [1.54, 1.807) is 0 Å². The molecule has 0 aromatic carbocycles. The molecule has 2 aromatic heterocycles. The number of anilines is 1. The normalized spacial score (nSPS) is 14.1. The first-order valence-corrected chi connectivity index (χ1v) is 9.00. The third-order valence-electron chi connectivity index (χ3n) is 3.98. The molecule has 0 fully saturated rings. The number of aromatic nitrogens is 2. The summed E-state index contributed by atoms with van der Waals surface area (Å²) in [7, 11) is 1.12. The molecule has 1 aliphatic carbocycles. The molecule has 0 bridgehead atoms. The maximum Gasteiger partial charge on any atom is 0.434 e. The smallest absolute Gasteiger partial charge is 0.311 e. The van der Waals surface area contributed by atoms with Gasteiger partial charge < -0.3 is 5.32 Å². The summed E-state index contributed by atoms with van der Waals surface area (Å²) in [5.74, 6) is -0.784. The maximum absolute atomic E-state index is 13.0. The Morgan fingerprint density at radius 3 is 2.68 bits per heavy atom. The first kappa shape index (κ1) is 17.9. The van der Waals surface area contributed by atoms with Crippen molar-refractivity contribution in [1.82, 2.24) is 9.78 Å². The van der Waals surface area contributed by atoms with E-state index in [-0.39, 0.29) is 5.69 Å². The molecule has 10 heteroatoms. The molecule has 2 heterocycles. The lowest BCUT2D eigenvalue weighted by molar-refractivity contribution is -0.144. The van der Waals surface area contributed by atoms with Crippen LogP contribution in [0.15, 0.2) is 4.47 Å².